The van der Waals surface area contributed by atoms with Crippen molar-refractivity contribution < 1.29 is 53.1 Å². The zero-order chi connectivity index (χ0) is 50.9. The van der Waals surface area contributed by atoms with Crippen molar-refractivity contribution in [2.24, 2.45) is 5.92 Å². The van der Waals surface area contributed by atoms with Gasteiger partial charge in [0.15, 0.2) is 0 Å². The Kier molecular flexibility index (Phi) is 23.4. The Hall–Kier alpha value is -5.75. The number of fused-ring (bicyclic) bond motifs is 1. The molecule has 17 nitrogen and oxygen atoms in total. The van der Waals surface area contributed by atoms with Gasteiger partial charge in [0.2, 0.25) is 11.8 Å². The van der Waals surface area contributed by atoms with Crippen LogP contribution in [0.1, 0.15) is 74.7 Å². The van der Waals surface area contributed by atoms with E-state index in [-0.39, 0.29) is 48.3 Å². The number of carbonyl (C=O) groups excluding carboxylic acids is 2. The maximum absolute atomic E-state index is 13.6. The van der Waals surface area contributed by atoms with Crippen molar-refractivity contribution in [1.29, 1.82) is 0 Å². The normalized spacial score (nSPS) is 18.8. The van der Waals surface area contributed by atoms with Gasteiger partial charge >= 0.3 is 11.9 Å². The van der Waals surface area contributed by atoms with Crippen LogP contribution in [0.25, 0.3) is 0 Å². The van der Waals surface area contributed by atoms with Crippen molar-refractivity contribution in [2.75, 3.05) is 102 Å². The fourth-order valence-corrected chi connectivity index (χ4v) is 9.62. The molecule has 0 radical (unpaired) electrons. The summed E-state index contributed by atoms with van der Waals surface area (Å²) in [5, 5.41) is 21.9. The topological polar surface area (TPSA) is 202 Å². The second kappa shape index (κ2) is 30.3. The highest BCUT2D eigenvalue weighted by Gasteiger charge is 2.36. The molecule has 1 saturated carbocycles. The molecular weight excluding hydrogens is 941 g/mol. The van der Waals surface area contributed by atoms with E-state index < -0.39 is 11.9 Å². The van der Waals surface area contributed by atoms with Crippen LogP contribution in [0.5, 0.6) is 0 Å². The largest absolute Gasteiger partial charge is 0.477 e. The first kappa shape index (κ1) is 55.6. The van der Waals surface area contributed by atoms with Crippen molar-refractivity contribution in [3.05, 3.63) is 124 Å². The zero-order valence-corrected chi connectivity index (χ0v) is 42.0. The first-order valence-corrected chi connectivity index (χ1v) is 25.8. The molecule has 3 heterocycles. The molecular formula is C54H68N6O11S. The number of thioether (sulfide) groups is 1. The average Bonchev–Trinajstić information content (AvgIpc) is 3.77. The summed E-state index contributed by atoms with van der Waals surface area (Å²) in [7, 11) is 0. The number of pyridine rings is 2. The van der Waals surface area contributed by atoms with Crippen LogP contribution in [0.2, 0.25) is 0 Å². The SMILES string of the molecule is C#Cc1ccccc1CN(C(=O)CCC(=O)NCCOCCSCC1CC2OCCN(Cc3cccc(C(=O)O)n3)CCOCCOCCN(Cc3cccc(C(=O)O)n3)CCOC2C1)c1ccccc1C. The van der Waals surface area contributed by atoms with Crippen molar-refractivity contribution >= 4 is 41.2 Å². The van der Waals surface area contributed by atoms with Gasteiger partial charge in [-0.2, -0.15) is 11.8 Å². The summed E-state index contributed by atoms with van der Waals surface area (Å²) >= 11 is 1.81. The Labute approximate surface area is 426 Å². The van der Waals surface area contributed by atoms with Gasteiger partial charge in [-0.25, -0.2) is 19.6 Å². The van der Waals surface area contributed by atoms with Crippen LogP contribution in [0, 0.1) is 25.2 Å². The Bertz CT molecular complexity index is 2320. The minimum atomic E-state index is -1.08. The second-order valence-corrected chi connectivity index (χ2v) is 18.8. The lowest BCUT2D eigenvalue weighted by Gasteiger charge is -2.27. The maximum atomic E-state index is 13.6. The molecule has 2 aromatic carbocycles. The molecule has 386 valence electrons. The van der Waals surface area contributed by atoms with Crippen molar-refractivity contribution in [1.82, 2.24) is 25.1 Å². The molecule has 2 aliphatic rings. The van der Waals surface area contributed by atoms with Gasteiger partial charge in [-0.3, -0.25) is 19.4 Å². The molecule has 2 aromatic heterocycles. The van der Waals surface area contributed by atoms with E-state index in [1.165, 1.54) is 12.1 Å². The fourth-order valence-electron chi connectivity index (χ4n) is 8.61. The van der Waals surface area contributed by atoms with E-state index in [4.69, 9.17) is 30.1 Å². The molecule has 18 heteroatoms. The number of nitrogens with one attached hydrogen (secondary N) is 1. The van der Waals surface area contributed by atoms with E-state index >= 15 is 0 Å². The van der Waals surface area contributed by atoms with Crippen LogP contribution in [0.3, 0.4) is 0 Å². The minimum Gasteiger partial charge on any atom is -0.477 e. The first-order chi connectivity index (χ1) is 35.1. The third kappa shape index (κ3) is 18.7. The number of carboxylic acid groups (broad SMARTS) is 2. The predicted octanol–water partition coefficient (Wildman–Crippen LogP) is 5.57. The third-order valence-corrected chi connectivity index (χ3v) is 13.6. The minimum absolute atomic E-state index is 0.00337. The maximum Gasteiger partial charge on any atom is 0.354 e. The molecule has 6 rings (SSSR count). The summed E-state index contributed by atoms with van der Waals surface area (Å²) in [5.41, 5.74) is 4.59. The summed E-state index contributed by atoms with van der Waals surface area (Å²) in [6.45, 7) is 9.17. The molecule has 1 saturated heterocycles. The molecule has 1 aliphatic heterocycles. The monoisotopic (exact) mass is 1010 g/mol. The second-order valence-electron chi connectivity index (χ2n) is 17.7. The van der Waals surface area contributed by atoms with Crippen LogP contribution in [-0.4, -0.2) is 163 Å². The molecule has 4 aromatic rings. The molecule has 0 bridgehead atoms. The summed E-state index contributed by atoms with van der Waals surface area (Å²) in [6, 6.07) is 25.2. The van der Waals surface area contributed by atoms with Crippen molar-refractivity contribution in [3.63, 3.8) is 0 Å². The number of terminal acetylenes is 1. The van der Waals surface area contributed by atoms with Gasteiger partial charge in [-0.1, -0.05) is 54.5 Å². The number of nitrogens with zero attached hydrogens (tertiary/aromatic N) is 5. The number of hydrogen-bond donors (Lipinski definition) is 3. The highest BCUT2D eigenvalue weighted by Crippen LogP contribution is 2.33. The predicted molar refractivity (Wildman–Crippen MR) is 274 cm³/mol. The van der Waals surface area contributed by atoms with Gasteiger partial charge < -0.3 is 44.1 Å². The Morgan fingerprint density at radius 2 is 1.33 bits per heavy atom. The van der Waals surface area contributed by atoms with Gasteiger partial charge in [0.1, 0.15) is 11.4 Å². The van der Waals surface area contributed by atoms with Crippen LogP contribution in [-0.2, 0) is 52.9 Å². The number of para-hydroxylation sites is 1. The number of rotatable bonds is 20. The van der Waals surface area contributed by atoms with Crippen molar-refractivity contribution in [3.8, 4) is 12.3 Å². The van der Waals surface area contributed by atoms with E-state index in [0.29, 0.717) is 123 Å². The lowest BCUT2D eigenvalue weighted by atomic mass is 10.1. The average molecular weight is 1010 g/mol. The van der Waals surface area contributed by atoms with Gasteiger partial charge in [-0.15, -0.1) is 6.42 Å². The smallest absolute Gasteiger partial charge is 0.354 e. The number of aromatic nitrogens is 2. The van der Waals surface area contributed by atoms with Crippen LogP contribution in [0.4, 0.5) is 5.69 Å². The number of amides is 2. The lowest BCUT2D eigenvalue weighted by Crippen LogP contribution is -2.36. The summed E-state index contributed by atoms with van der Waals surface area (Å²) in [5.74, 6) is 2.18. The molecule has 2 fully saturated rings. The highest BCUT2D eigenvalue weighted by molar-refractivity contribution is 7.99. The number of carbonyl (C=O) groups is 4. The van der Waals surface area contributed by atoms with Gasteiger partial charge in [0, 0.05) is 75.7 Å². The number of aromatic carboxylic acids is 2. The number of aryl methyl sites for hydroxylation is 1. The van der Waals surface area contributed by atoms with Gasteiger partial charge in [0.05, 0.1) is 83.0 Å². The van der Waals surface area contributed by atoms with Crippen LogP contribution < -0.4 is 10.2 Å². The molecule has 2 unspecified atom stereocenters. The first-order valence-electron chi connectivity index (χ1n) is 24.6. The molecule has 0 spiro atoms. The Morgan fingerprint density at radius 1 is 0.750 bits per heavy atom. The van der Waals surface area contributed by atoms with Crippen LogP contribution in [0.15, 0.2) is 84.9 Å². The number of benzene rings is 2. The van der Waals surface area contributed by atoms with E-state index in [2.05, 4.69) is 31.0 Å². The molecule has 2 amide bonds. The van der Waals surface area contributed by atoms with E-state index in [1.54, 1.807) is 28.8 Å². The molecule has 2 atom stereocenters. The van der Waals surface area contributed by atoms with Gasteiger partial charge in [0.25, 0.3) is 0 Å². The Morgan fingerprint density at radius 3 is 1.93 bits per heavy atom. The van der Waals surface area contributed by atoms with E-state index in [9.17, 15) is 29.4 Å². The number of ether oxygens (including phenoxy) is 5. The van der Waals surface area contributed by atoms with Crippen molar-refractivity contribution in [2.45, 2.75) is 64.4 Å². The molecule has 3 N–H and O–H groups in total. The quantitative estimate of drug-likeness (QED) is 0.0732. The highest BCUT2D eigenvalue weighted by atomic mass is 32.2. The number of carboxylic acids is 2. The standard InChI is InChI=1S/C54H68N6O11S/c1-3-42-11-5-6-12-43(42)36-60(48-17-7-4-10-40(48)2)52(62)19-18-51(61)55-20-25-67-32-33-72-39-41-34-49-50(35-41)71-29-24-59(38-45-14-9-16-47(57-45)54(65)66)22-27-69-31-30-68-26-21-58(23-28-70-49)37-44-13-8-15-46(56-44)53(63)64/h1,4-17,41,49-50H,18-39H2,2H3,(H,55,61)(H,63,64)(H,65,66). The molecule has 72 heavy (non-hydrogen) atoms. The zero-order valence-electron chi connectivity index (χ0n) is 41.2. The lowest BCUT2D eigenvalue weighted by molar-refractivity contribution is -0.125. The summed E-state index contributed by atoms with van der Waals surface area (Å²) in [6.07, 6.45) is 7.20. The van der Waals surface area contributed by atoms with E-state index in [0.717, 1.165) is 46.7 Å². The van der Waals surface area contributed by atoms with Gasteiger partial charge in [-0.05, 0) is 79.0 Å². The van der Waals surface area contributed by atoms with E-state index in [1.807, 2.05) is 67.6 Å². The Balaban J connectivity index is 0.958. The summed E-state index contributed by atoms with van der Waals surface area (Å²) in [4.78, 5) is 64.3. The number of hydrogen-bond acceptors (Lipinski definition) is 14. The fraction of sp³-hybridized carbons (Fsp3) is 0.481. The third-order valence-electron chi connectivity index (χ3n) is 12.4. The molecule has 1 aliphatic carbocycles. The summed E-state index contributed by atoms with van der Waals surface area (Å²) < 4.78 is 30.9. The van der Waals surface area contributed by atoms with Crippen LogP contribution >= 0.6 is 11.8 Å². The number of anilines is 1.